The smallest absolute Gasteiger partial charge is 0.0704 e. The fraction of sp³-hybridized carbons (Fsp3) is 0.227. The Labute approximate surface area is 139 Å². The van der Waals surface area contributed by atoms with Gasteiger partial charge in [0.25, 0.3) is 0 Å². The minimum absolute atomic E-state index is 0.168. The lowest BCUT2D eigenvalue weighted by Gasteiger charge is -2.19. The first-order valence-electron chi connectivity index (χ1n) is 8.07. The molecule has 1 heteroatoms. The number of pyridine rings is 1. The zero-order chi connectivity index (χ0) is 16.4. The Kier molecular flexibility index (Phi) is 4.04. The molecule has 0 bridgehead atoms. The summed E-state index contributed by atoms with van der Waals surface area (Å²) in [4.78, 5) is 4.46. The summed E-state index contributed by atoms with van der Waals surface area (Å²) in [6, 6.07) is 21.6. The molecule has 0 amide bonds. The average molecular weight is 301 g/mol. The molecule has 0 spiro atoms. The first-order valence-corrected chi connectivity index (χ1v) is 8.07. The molecule has 2 aromatic carbocycles. The summed E-state index contributed by atoms with van der Waals surface area (Å²) in [5.41, 5.74) is 7.45. The lowest BCUT2D eigenvalue weighted by atomic mass is 9.85. The van der Waals surface area contributed by atoms with Crippen LogP contribution in [0.1, 0.15) is 31.9 Å². The predicted octanol–water partition coefficient (Wildman–Crippen LogP) is 6.02. The van der Waals surface area contributed by atoms with Gasteiger partial charge in [0, 0.05) is 11.8 Å². The summed E-state index contributed by atoms with van der Waals surface area (Å²) in [7, 11) is 0. The van der Waals surface area contributed by atoms with E-state index in [1.54, 1.807) is 0 Å². The second kappa shape index (κ2) is 6.00. The molecule has 0 atom stereocenters. The number of aryl methyl sites for hydroxylation is 1. The molecule has 0 aliphatic carbocycles. The lowest BCUT2D eigenvalue weighted by molar-refractivity contribution is 0.590. The first kappa shape index (κ1) is 15.5. The van der Waals surface area contributed by atoms with Crippen LogP contribution in [0.25, 0.3) is 22.4 Å². The van der Waals surface area contributed by atoms with E-state index in [2.05, 4.69) is 87.3 Å². The Morgan fingerprint density at radius 3 is 2.09 bits per heavy atom. The molecular weight excluding hydrogens is 278 g/mol. The standard InChI is InChI=1S/C22H23N/c1-16-12-13-23-21(14-16)18-10-8-17(9-11-18)19-6-5-7-20(15-19)22(2,3)4/h5-15H,1-4H3. The number of benzene rings is 2. The molecule has 0 unspecified atom stereocenters. The summed E-state index contributed by atoms with van der Waals surface area (Å²) in [5.74, 6) is 0. The van der Waals surface area contributed by atoms with E-state index in [0.29, 0.717) is 0 Å². The van der Waals surface area contributed by atoms with E-state index in [0.717, 1.165) is 11.3 Å². The van der Waals surface area contributed by atoms with E-state index in [-0.39, 0.29) is 5.41 Å². The highest BCUT2D eigenvalue weighted by atomic mass is 14.7. The zero-order valence-electron chi connectivity index (χ0n) is 14.3. The van der Waals surface area contributed by atoms with Crippen LogP contribution in [0.2, 0.25) is 0 Å². The number of rotatable bonds is 2. The SMILES string of the molecule is Cc1ccnc(-c2ccc(-c3cccc(C(C)(C)C)c3)cc2)c1. The van der Waals surface area contributed by atoms with Crippen molar-refractivity contribution in [3.63, 3.8) is 0 Å². The molecule has 0 saturated heterocycles. The largest absolute Gasteiger partial charge is 0.256 e. The predicted molar refractivity (Wildman–Crippen MR) is 98.5 cm³/mol. The second-order valence-corrected chi connectivity index (χ2v) is 7.13. The molecule has 0 N–H and O–H groups in total. The first-order chi connectivity index (χ1) is 10.9. The average Bonchev–Trinajstić information content (AvgIpc) is 2.54. The zero-order valence-corrected chi connectivity index (χ0v) is 14.3. The van der Waals surface area contributed by atoms with Crippen molar-refractivity contribution in [2.45, 2.75) is 33.1 Å². The Morgan fingerprint density at radius 2 is 1.43 bits per heavy atom. The summed E-state index contributed by atoms with van der Waals surface area (Å²) >= 11 is 0. The van der Waals surface area contributed by atoms with Crippen LogP contribution in [-0.2, 0) is 5.41 Å². The van der Waals surface area contributed by atoms with Crippen molar-refractivity contribution in [2.24, 2.45) is 0 Å². The van der Waals surface area contributed by atoms with Crippen LogP contribution in [0, 0.1) is 6.92 Å². The monoisotopic (exact) mass is 301 g/mol. The number of hydrogen-bond donors (Lipinski definition) is 0. The van der Waals surface area contributed by atoms with Crippen LogP contribution in [-0.4, -0.2) is 4.98 Å². The summed E-state index contributed by atoms with van der Waals surface area (Å²) in [6.45, 7) is 8.84. The van der Waals surface area contributed by atoms with Gasteiger partial charge in [0.15, 0.2) is 0 Å². The Bertz CT molecular complexity index is 808. The number of aromatic nitrogens is 1. The van der Waals surface area contributed by atoms with Crippen molar-refractivity contribution in [3.8, 4) is 22.4 Å². The molecule has 0 radical (unpaired) electrons. The summed E-state index contributed by atoms with van der Waals surface area (Å²) in [6.07, 6.45) is 1.87. The van der Waals surface area contributed by atoms with Gasteiger partial charge in [0.2, 0.25) is 0 Å². The molecule has 3 aromatic rings. The second-order valence-electron chi connectivity index (χ2n) is 7.13. The maximum absolute atomic E-state index is 4.46. The number of nitrogens with zero attached hydrogens (tertiary/aromatic N) is 1. The summed E-state index contributed by atoms with van der Waals surface area (Å²) in [5, 5.41) is 0. The molecule has 0 aliphatic rings. The van der Waals surface area contributed by atoms with Gasteiger partial charge in [-0.25, -0.2) is 0 Å². The molecular formula is C22H23N. The van der Waals surface area contributed by atoms with E-state index in [1.165, 1.54) is 22.3 Å². The third-order valence-electron chi connectivity index (χ3n) is 4.16. The van der Waals surface area contributed by atoms with Crippen LogP contribution in [0.3, 0.4) is 0 Å². The molecule has 0 saturated carbocycles. The lowest BCUT2D eigenvalue weighted by Crippen LogP contribution is -2.10. The van der Waals surface area contributed by atoms with Gasteiger partial charge in [-0.2, -0.15) is 0 Å². The van der Waals surface area contributed by atoms with Crippen molar-refractivity contribution in [1.82, 2.24) is 4.98 Å². The molecule has 1 nitrogen and oxygen atoms in total. The van der Waals surface area contributed by atoms with Crippen LogP contribution >= 0.6 is 0 Å². The quantitative estimate of drug-likeness (QED) is 0.564. The van der Waals surface area contributed by atoms with Gasteiger partial charge in [-0.05, 0) is 46.7 Å². The Hall–Kier alpha value is -2.41. The van der Waals surface area contributed by atoms with E-state index in [1.807, 2.05) is 12.3 Å². The topological polar surface area (TPSA) is 12.9 Å². The Morgan fingerprint density at radius 1 is 0.739 bits per heavy atom. The molecule has 23 heavy (non-hydrogen) atoms. The maximum atomic E-state index is 4.46. The van der Waals surface area contributed by atoms with Gasteiger partial charge in [-0.15, -0.1) is 0 Å². The summed E-state index contributed by atoms with van der Waals surface area (Å²) < 4.78 is 0. The molecule has 1 aromatic heterocycles. The van der Waals surface area contributed by atoms with Crippen LogP contribution in [0.4, 0.5) is 0 Å². The normalized spacial score (nSPS) is 11.5. The third-order valence-corrected chi connectivity index (χ3v) is 4.16. The van der Waals surface area contributed by atoms with E-state index >= 15 is 0 Å². The van der Waals surface area contributed by atoms with E-state index < -0.39 is 0 Å². The maximum Gasteiger partial charge on any atom is 0.0704 e. The number of hydrogen-bond acceptors (Lipinski definition) is 1. The van der Waals surface area contributed by atoms with Crippen molar-refractivity contribution in [1.29, 1.82) is 0 Å². The van der Waals surface area contributed by atoms with Gasteiger partial charge >= 0.3 is 0 Å². The molecule has 0 aliphatic heterocycles. The van der Waals surface area contributed by atoms with Gasteiger partial charge in [-0.3, -0.25) is 4.98 Å². The van der Waals surface area contributed by atoms with Crippen molar-refractivity contribution >= 4 is 0 Å². The van der Waals surface area contributed by atoms with Crippen molar-refractivity contribution in [3.05, 3.63) is 78.0 Å². The van der Waals surface area contributed by atoms with Crippen molar-refractivity contribution < 1.29 is 0 Å². The van der Waals surface area contributed by atoms with Gasteiger partial charge < -0.3 is 0 Å². The highest BCUT2D eigenvalue weighted by Crippen LogP contribution is 2.29. The van der Waals surface area contributed by atoms with Crippen LogP contribution < -0.4 is 0 Å². The highest BCUT2D eigenvalue weighted by molar-refractivity contribution is 5.69. The van der Waals surface area contributed by atoms with E-state index in [4.69, 9.17) is 0 Å². The Balaban J connectivity index is 1.94. The third kappa shape index (κ3) is 3.50. The molecule has 1 heterocycles. The van der Waals surface area contributed by atoms with Gasteiger partial charge in [0.05, 0.1) is 5.69 Å². The molecule has 116 valence electrons. The van der Waals surface area contributed by atoms with Crippen LogP contribution in [0.15, 0.2) is 66.9 Å². The van der Waals surface area contributed by atoms with Gasteiger partial charge in [-0.1, -0.05) is 69.3 Å². The minimum atomic E-state index is 0.168. The fourth-order valence-corrected chi connectivity index (χ4v) is 2.69. The molecule has 3 rings (SSSR count). The fourth-order valence-electron chi connectivity index (χ4n) is 2.69. The van der Waals surface area contributed by atoms with Crippen molar-refractivity contribution in [2.75, 3.05) is 0 Å². The minimum Gasteiger partial charge on any atom is -0.256 e. The van der Waals surface area contributed by atoms with E-state index in [9.17, 15) is 0 Å². The highest BCUT2D eigenvalue weighted by Gasteiger charge is 2.13. The van der Waals surface area contributed by atoms with Crippen LogP contribution in [0.5, 0.6) is 0 Å². The molecule has 0 fully saturated rings. The van der Waals surface area contributed by atoms with Gasteiger partial charge in [0.1, 0.15) is 0 Å².